The maximum atomic E-state index is 6.55. The number of fused-ring (bicyclic) bond motifs is 4. The number of hydrogen-bond donors (Lipinski definition) is 0. The van der Waals surface area contributed by atoms with Crippen molar-refractivity contribution in [2.24, 2.45) is 0 Å². The van der Waals surface area contributed by atoms with Crippen molar-refractivity contribution in [1.82, 2.24) is 19.9 Å². The summed E-state index contributed by atoms with van der Waals surface area (Å²) in [6, 6.07) is 41.2. The van der Waals surface area contributed by atoms with Gasteiger partial charge in [-0.15, -0.1) is 11.3 Å². The fraction of sp³-hybridized carbons (Fsp3) is 0. The Morgan fingerprint density at radius 2 is 1.43 bits per heavy atom. The Labute approximate surface area is 256 Å². The van der Waals surface area contributed by atoms with Gasteiger partial charge in [-0.2, -0.15) is 0 Å². The van der Waals surface area contributed by atoms with Crippen molar-refractivity contribution in [3.05, 3.63) is 133 Å². The highest BCUT2D eigenvalue weighted by atomic mass is 32.1. The van der Waals surface area contributed by atoms with Gasteiger partial charge in [0, 0.05) is 43.7 Å². The van der Waals surface area contributed by atoms with Crippen LogP contribution in [0.2, 0.25) is 0 Å². The third-order valence-corrected chi connectivity index (χ3v) is 8.95. The number of thiophene rings is 1. The van der Waals surface area contributed by atoms with Crippen molar-refractivity contribution in [2.75, 3.05) is 0 Å². The largest absolute Gasteiger partial charge is 0.456 e. The van der Waals surface area contributed by atoms with Crippen molar-refractivity contribution in [3.8, 4) is 44.7 Å². The number of nitrogens with zero attached hydrogens (tertiary/aromatic N) is 4. The lowest BCUT2D eigenvalue weighted by molar-refractivity contribution is 0.632. The van der Waals surface area contributed by atoms with Crippen LogP contribution in [0.1, 0.15) is 0 Å². The number of aromatic nitrogens is 4. The van der Waals surface area contributed by atoms with Gasteiger partial charge in [0.25, 0.3) is 0 Å². The molecule has 9 rings (SSSR count). The van der Waals surface area contributed by atoms with Gasteiger partial charge in [0.15, 0.2) is 5.82 Å². The van der Waals surface area contributed by atoms with Gasteiger partial charge >= 0.3 is 0 Å². The summed E-state index contributed by atoms with van der Waals surface area (Å²) in [4.78, 5) is 21.5. The van der Waals surface area contributed by atoms with E-state index in [4.69, 9.17) is 24.4 Å². The second-order valence-corrected chi connectivity index (χ2v) is 11.6. The Morgan fingerprint density at radius 3 is 2.32 bits per heavy atom. The first kappa shape index (κ1) is 24.8. The van der Waals surface area contributed by atoms with E-state index >= 15 is 0 Å². The monoisotopic (exact) mass is 582 g/mol. The van der Waals surface area contributed by atoms with Crippen LogP contribution in [0, 0.1) is 0 Å². The van der Waals surface area contributed by atoms with Crippen molar-refractivity contribution in [2.45, 2.75) is 0 Å². The predicted molar refractivity (Wildman–Crippen MR) is 180 cm³/mol. The lowest BCUT2D eigenvalue weighted by Gasteiger charge is -2.15. The molecular formula is C38H22N4OS. The minimum absolute atomic E-state index is 0.554. The van der Waals surface area contributed by atoms with Crippen LogP contribution in [0.25, 0.3) is 88.2 Å². The van der Waals surface area contributed by atoms with Crippen LogP contribution < -0.4 is 0 Å². The fourth-order valence-corrected chi connectivity index (χ4v) is 6.77. The number of hydrogen-bond acceptors (Lipinski definition) is 6. The molecule has 0 bridgehead atoms. The first-order valence-electron chi connectivity index (χ1n) is 14.4. The molecule has 44 heavy (non-hydrogen) atoms. The first-order valence-corrected chi connectivity index (χ1v) is 15.3. The minimum atomic E-state index is 0.554. The number of benzene rings is 4. The molecule has 0 aliphatic carbocycles. The van der Waals surface area contributed by atoms with Crippen LogP contribution in [0.15, 0.2) is 137 Å². The summed E-state index contributed by atoms with van der Waals surface area (Å²) in [5.74, 6) is 1.32. The van der Waals surface area contributed by atoms with Gasteiger partial charge in [0.2, 0.25) is 0 Å². The summed E-state index contributed by atoms with van der Waals surface area (Å²) in [6.07, 6.45) is 1.82. The summed E-state index contributed by atoms with van der Waals surface area (Å²) in [6.45, 7) is 0. The van der Waals surface area contributed by atoms with E-state index in [2.05, 4.69) is 66.0 Å². The highest BCUT2D eigenvalue weighted by Crippen LogP contribution is 2.44. The molecule has 6 heteroatoms. The van der Waals surface area contributed by atoms with Crippen LogP contribution in [-0.4, -0.2) is 19.9 Å². The molecule has 0 fully saturated rings. The average Bonchev–Trinajstić information content (AvgIpc) is 3.78. The normalized spacial score (nSPS) is 11.6. The molecule has 0 amide bonds. The van der Waals surface area contributed by atoms with Gasteiger partial charge in [0.1, 0.15) is 22.7 Å². The zero-order valence-electron chi connectivity index (χ0n) is 23.3. The fourth-order valence-electron chi connectivity index (χ4n) is 6.01. The molecule has 0 aliphatic heterocycles. The SMILES string of the molecule is c1csc(-c2ccc3nc(-c4nccc5ccccc45)nc(-c4ccc5ccccc5n4)c3c2-c2cc3ccccc3o2)c1. The highest BCUT2D eigenvalue weighted by molar-refractivity contribution is 7.13. The highest BCUT2D eigenvalue weighted by Gasteiger charge is 2.23. The number of para-hydroxylation sites is 2. The molecule has 5 aromatic heterocycles. The van der Waals surface area contributed by atoms with E-state index in [0.29, 0.717) is 5.82 Å². The summed E-state index contributed by atoms with van der Waals surface area (Å²) in [5, 5.41) is 7.19. The Hall–Kier alpha value is -5.72. The zero-order chi connectivity index (χ0) is 29.0. The van der Waals surface area contributed by atoms with Crippen LogP contribution in [0.3, 0.4) is 0 Å². The number of furan rings is 1. The molecule has 206 valence electrons. The summed E-state index contributed by atoms with van der Waals surface area (Å²) in [5.41, 5.74) is 6.78. The smallest absolute Gasteiger partial charge is 0.180 e. The summed E-state index contributed by atoms with van der Waals surface area (Å²) >= 11 is 1.70. The lowest BCUT2D eigenvalue weighted by Crippen LogP contribution is -2.00. The molecular weight excluding hydrogens is 561 g/mol. The first-order chi connectivity index (χ1) is 21.8. The Balaban J connectivity index is 1.43. The predicted octanol–water partition coefficient (Wildman–Crippen LogP) is 10.2. The molecule has 0 saturated carbocycles. The van der Waals surface area contributed by atoms with E-state index in [-0.39, 0.29) is 0 Å². The van der Waals surface area contributed by atoms with Crippen LogP contribution in [-0.2, 0) is 0 Å². The van der Waals surface area contributed by atoms with Crippen LogP contribution >= 0.6 is 11.3 Å². The molecule has 0 N–H and O–H groups in total. The third kappa shape index (κ3) is 4.00. The van der Waals surface area contributed by atoms with E-state index in [1.165, 1.54) is 0 Å². The molecule has 4 aromatic carbocycles. The molecule has 0 radical (unpaired) electrons. The van der Waals surface area contributed by atoms with Gasteiger partial charge in [-0.3, -0.25) is 4.98 Å². The van der Waals surface area contributed by atoms with Gasteiger partial charge < -0.3 is 4.42 Å². The molecule has 9 aromatic rings. The second-order valence-electron chi connectivity index (χ2n) is 10.7. The Kier molecular flexibility index (Phi) is 5.61. The van der Waals surface area contributed by atoms with Crippen molar-refractivity contribution >= 4 is 54.9 Å². The maximum Gasteiger partial charge on any atom is 0.180 e. The molecule has 0 spiro atoms. The standard InChI is InChI=1S/C38H22N4OS/c1-4-11-26-23(8-1)19-20-39-36(26)38-41-29-18-16-27(33-14-7-21-44-33)34(32-22-25-10-3-6-13-31(25)43-32)35(29)37(42-38)30-17-15-24-9-2-5-12-28(24)40-30/h1-22H. The molecule has 5 nitrogen and oxygen atoms in total. The molecule has 5 heterocycles. The second kappa shape index (κ2) is 9.93. The van der Waals surface area contributed by atoms with Gasteiger partial charge in [-0.25, -0.2) is 15.0 Å². The molecule has 0 saturated heterocycles. The summed E-state index contributed by atoms with van der Waals surface area (Å²) < 4.78 is 6.55. The molecule has 0 unspecified atom stereocenters. The number of rotatable bonds is 4. The minimum Gasteiger partial charge on any atom is -0.456 e. The third-order valence-electron chi connectivity index (χ3n) is 8.05. The van der Waals surface area contributed by atoms with Crippen molar-refractivity contribution in [3.63, 3.8) is 0 Å². The zero-order valence-corrected chi connectivity index (χ0v) is 24.1. The number of pyridine rings is 2. The molecule has 0 atom stereocenters. The van der Waals surface area contributed by atoms with Crippen molar-refractivity contribution in [1.29, 1.82) is 0 Å². The topological polar surface area (TPSA) is 64.7 Å². The quantitative estimate of drug-likeness (QED) is 0.207. The van der Waals surface area contributed by atoms with E-state index in [9.17, 15) is 0 Å². The maximum absolute atomic E-state index is 6.55. The van der Waals surface area contributed by atoms with E-state index in [1.54, 1.807) is 11.3 Å². The average molecular weight is 583 g/mol. The van der Waals surface area contributed by atoms with Gasteiger partial charge in [-0.05, 0) is 53.2 Å². The van der Waals surface area contributed by atoms with Crippen molar-refractivity contribution < 1.29 is 4.42 Å². The van der Waals surface area contributed by atoms with E-state index in [1.807, 2.05) is 66.9 Å². The lowest BCUT2D eigenvalue weighted by atomic mass is 9.95. The van der Waals surface area contributed by atoms with Crippen LogP contribution in [0.5, 0.6) is 0 Å². The Morgan fingerprint density at radius 1 is 0.591 bits per heavy atom. The Bertz CT molecular complexity index is 2480. The summed E-state index contributed by atoms with van der Waals surface area (Å²) in [7, 11) is 0. The van der Waals surface area contributed by atoms with E-state index in [0.717, 1.165) is 82.4 Å². The van der Waals surface area contributed by atoms with Gasteiger partial charge in [-0.1, -0.05) is 78.9 Å². The molecule has 0 aliphatic rings. The van der Waals surface area contributed by atoms with E-state index < -0.39 is 0 Å². The van der Waals surface area contributed by atoms with Gasteiger partial charge in [0.05, 0.1) is 16.7 Å². The van der Waals surface area contributed by atoms with Crippen LogP contribution in [0.4, 0.5) is 0 Å².